The van der Waals surface area contributed by atoms with E-state index in [1.165, 1.54) is 11.8 Å². The molecular weight excluding hydrogens is 288 g/mol. The normalized spacial score (nSPS) is 17.1. The van der Waals surface area contributed by atoms with E-state index in [9.17, 15) is 14.7 Å². The third kappa shape index (κ3) is 4.28. The summed E-state index contributed by atoms with van der Waals surface area (Å²) in [5.41, 5.74) is 0. The molecule has 1 aliphatic carbocycles. The van der Waals surface area contributed by atoms with Crippen molar-refractivity contribution in [2.24, 2.45) is 5.92 Å². The highest BCUT2D eigenvalue weighted by Crippen LogP contribution is 2.29. The number of carbonyl (C=O) groups is 2. The van der Waals surface area contributed by atoms with E-state index in [0.29, 0.717) is 6.54 Å². The van der Waals surface area contributed by atoms with Gasteiger partial charge in [-0.2, -0.15) is 0 Å². The lowest BCUT2D eigenvalue weighted by Crippen LogP contribution is -2.53. The second kappa shape index (κ2) is 6.58. The standard InChI is InChI=1S/C15H22N2O3S/c1-9-4-7-12(21-9)8-17(3)15(20)13(10(2)18)16-14(19)11-5-6-11/h4,7,10-11,13,18H,5-6,8H2,1-3H3,(H,16,19). The van der Waals surface area contributed by atoms with Crippen LogP contribution in [0.1, 0.15) is 29.5 Å². The number of thiophene rings is 1. The summed E-state index contributed by atoms with van der Waals surface area (Å²) < 4.78 is 0. The average Bonchev–Trinajstić information content (AvgIpc) is 3.19. The summed E-state index contributed by atoms with van der Waals surface area (Å²) in [6.45, 7) is 4.03. The molecule has 2 amide bonds. The predicted octanol–water partition coefficient (Wildman–Crippen LogP) is 1.29. The number of aliphatic hydroxyl groups is 1. The van der Waals surface area contributed by atoms with Crippen molar-refractivity contribution in [3.8, 4) is 0 Å². The van der Waals surface area contributed by atoms with Gasteiger partial charge in [-0.15, -0.1) is 11.3 Å². The molecule has 2 atom stereocenters. The van der Waals surface area contributed by atoms with Crippen LogP contribution in [-0.4, -0.2) is 41.0 Å². The molecule has 1 aliphatic rings. The number of aliphatic hydroxyl groups excluding tert-OH is 1. The van der Waals surface area contributed by atoms with Crippen LogP contribution in [0.4, 0.5) is 0 Å². The molecular formula is C15H22N2O3S. The Morgan fingerprint density at radius 3 is 2.62 bits per heavy atom. The molecule has 6 heteroatoms. The fraction of sp³-hybridized carbons (Fsp3) is 0.600. The van der Waals surface area contributed by atoms with Gasteiger partial charge in [0.1, 0.15) is 6.04 Å². The minimum atomic E-state index is -0.910. The van der Waals surface area contributed by atoms with Crippen LogP contribution in [0.15, 0.2) is 12.1 Å². The zero-order chi connectivity index (χ0) is 15.6. The quantitative estimate of drug-likeness (QED) is 0.832. The van der Waals surface area contributed by atoms with E-state index in [1.807, 2.05) is 19.1 Å². The Hall–Kier alpha value is -1.40. The lowest BCUT2D eigenvalue weighted by molar-refractivity contribution is -0.139. The Labute approximate surface area is 129 Å². The first-order valence-electron chi connectivity index (χ1n) is 7.17. The topological polar surface area (TPSA) is 69.6 Å². The fourth-order valence-electron chi connectivity index (χ4n) is 2.12. The highest BCUT2D eigenvalue weighted by atomic mass is 32.1. The second-order valence-electron chi connectivity index (χ2n) is 5.71. The number of rotatable bonds is 6. The molecule has 2 N–H and O–H groups in total. The molecule has 0 saturated heterocycles. The number of carbonyl (C=O) groups excluding carboxylic acids is 2. The van der Waals surface area contributed by atoms with Crippen LogP contribution in [0.5, 0.6) is 0 Å². The Bertz CT molecular complexity index is 523. The number of hydrogen-bond acceptors (Lipinski definition) is 4. The largest absolute Gasteiger partial charge is 0.391 e. The summed E-state index contributed by atoms with van der Waals surface area (Å²) in [4.78, 5) is 28.1. The third-order valence-corrected chi connectivity index (χ3v) is 4.55. The molecule has 0 aliphatic heterocycles. The van der Waals surface area contributed by atoms with Gasteiger partial charge < -0.3 is 15.3 Å². The van der Waals surface area contributed by atoms with Gasteiger partial charge in [0.05, 0.1) is 12.6 Å². The van der Waals surface area contributed by atoms with Crippen LogP contribution in [-0.2, 0) is 16.1 Å². The molecule has 0 spiro atoms. The van der Waals surface area contributed by atoms with Crippen molar-refractivity contribution in [3.05, 3.63) is 21.9 Å². The smallest absolute Gasteiger partial charge is 0.247 e. The second-order valence-corrected chi connectivity index (χ2v) is 7.08. The summed E-state index contributed by atoms with van der Waals surface area (Å²) in [6, 6.07) is 3.13. The van der Waals surface area contributed by atoms with Crippen molar-refractivity contribution < 1.29 is 14.7 Å². The van der Waals surface area contributed by atoms with Gasteiger partial charge in [0, 0.05) is 22.7 Å². The van der Waals surface area contributed by atoms with Crippen molar-refractivity contribution in [1.29, 1.82) is 0 Å². The van der Waals surface area contributed by atoms with Crippen LogP contribution < -0.4 is 5.32 Å². The van der Waals surface area contributed by atoms with Crippen LogP contribution in [0.25, 0.3) is 0 Å². The SMILES string of the molecule is Cc1ccc(CN(C)C(=O)C(NC(=O)C2CC2)C(C)O)s1. The minimum Gasteiger partial charge on any atom is -0.391 e. The van der Waals surface area contributed by atoms with E-state index in [0.717, 1.165) is 17.7 Å². The first-order chi connectivity index (χ1) is 9.88. The van der Waals surface area contributed by atoms with Crippen molar-refractivity contribution in [1.82, 2.24) is 10.2 Å². The van der Waals surface area contributed by atoms with E-state index in [-0.39, 0.29) is 17.7 Å². The molecule has 2 rings (SSSR count). The van der Waals surface area contributed by atoms with Gasteiger partial charge in [0.2, 0.25) is 11.8 Å². The number of aryl methyl sites for hydroxylation is 1. The molecule has 2 unspecified atom stereocenters. The summed E-state index contributed by atoms with van der Waals surface area (Å²) in [7, 11) is 1.69. The maximum atomic E-state index is 12.4. The Morgan fingerprint density at radius 1 is 1.48 bits per heavy atom. The molecule has 1 aromatic heterocycles. The van der Waals surface area contributed by atoms with E-state index >= 15 is 0 Å². The first-order valence-corrected chi connectivity index (χ1v) is 7.99. The van der Waals surface area contributed by atoms with Crippen molar-refractivity contribution in [2.75, 3.05) is 7.05 Å². The molecule has 1 heterocycles. The number of nitrogens with zero attached hydrogens (tertiary/aromatic N) is 1. The van der Waals surface area contributed by atoms with E-state index < -0.39 is 12.1 Å². The predicted molar refractivity (Wildman–Crippen MR) is 81.9 cm³/mol. The van der Waals surface area contributed by atoms with Gasteiger partial charge in [-0.3, -0.25) is 9.59 Å². The van der Waals surface area contributed by atoms with Gasteiger partial charge in [0.15, 0.2) is 0 Å². The molecule has 5 nitrogen and oxygen atoms in total. The first kappa shape index (κ1) is 16.0. The van der Waals surface area contributed by atoms with Crippen LogP contribution >= 0.6 is 11.3 Å². The summed E-state index contributed by atoms with van der Waals surface area (Å²) in [5.74, 6) is -0.371. The van der Waals surface area contributed by atoms with Crippen molar-refractivity contribution in [3.63, 3.8) is 0 Å². The molecule has 1 aromatic rings. The highest BCUT2D eigenvalue weighted by Gasteiger charge is 2.35. The van der Waals surface area contributed by atoms with Gasteiger partial charge >= 0.3 is 0 Å². The van der Waals surface area contributed by atoms with Gasteiger partial charge in [-0.1, -0.05) is 0 Å². The molecule has 1 saturated carbocycles. The Kier molecular flexibility index (Phi) is 5.00. The number of nitrogens with one attached hydrogen (secondary N) is 1. The summed E-state index contributed by atoms with van der Waals surface area (Å²) >= 11 is 1.64. The van der Waals surface area contributed by atoms with Gasteiger partial charge in [-0.25, -0.2) is 0 Å². The molecule has 0 radical (unpaired) electrons. The molecule has 21 heavy (non-hydrogen) atoms. The van der Waals surface area contributed by atoms with Crippen molar-refractivity contribution in [2.45, 2.75) is 45.4 Å². The lowest BCUT2D eigenvalue weighted by atomic mass is 10.1. The number of likely N-dealkylation sites (N-methyl/N-ethyl adjacent to an activating group) is 1. The van der Waals surface area contributed by atoms with Crippen LogP contribution in [0.3, 0.4) is 0 Å². The summed E-state index contributed by atoms with van der Waals surface area (Å²) in [5, 5.41) is 12.5. The van der Waals surface area contributed by atoms with Crippen LogP contribution in [0, 0.1) is 12.8 Å². The zero-order valence-corrected chi connectivity index (χ0v) is 13.4. The summed E-state index contributed by atoms with van der Waals surface area (Å²) in [6.07, 6.45) is 0.834. The Balaban J connectivity index is 1.97. The maximum absolute atomic E-state index is 12.4. The lowest BCUT2D eigenvalue weighted by Gasteiger charge is -2.26. The highest BCUT2D eigenvalue weighted by molar-refractivity contribution is 7.11. The molecule has 0 aromatic carbocycles. The van der Waals surface area contributed by atoms with E-state index in [2.05, 4.69) is 5.32 Å². The van der Waals surface area contributed by atoms with E-state index in [4.69, 9.17) is 0 Å². The maximum Gasteiger partial charge on any atom is 0.247 e. The molecule has 116 valence electrons. The fourth-order valence-corrected chi connectivity index (χ4v) is 3.07. The minimum absolute atomic E-state index is 0.0179. The zero-order valence-electron chi connectivity index (χ0n) is 12.6. The monoisotopic (exact) mass is 310 g/mol. The third-order valence-electron chi connectivity index (χ3n) is 3.56. The molecule has 1 fully saturated rings. The average molecular weight is 310 g/mol. The Morgan fingerprint density at radius 2 is 2.14 bits per heavy atom. The molecule has 0 bridgehead atoms. The van der Waals surface area contributed by atoms with E-state index in [1.54, 1.807) is 23.3 Å². The number of amides is 2. The van der Waals surface area contributed by atoms with Crippen LogP contribution in [0.2, 0.25) is 0 Å². The van der Waals surface area contributed by atoms with Gasteiger partial charge in [-0.05, 0) is 38.8 Å². The number of hydrogen-bond donors (Lipinski definition) is 2. The van der Waals surface area contributed by atoms with Crippen molar-refractivity contribution >= 4 is 23.2 Å². The van der Waals surface area contributed by atoms with Gasteiger partial charge in [0.25, 0.3) is 0 Å².